The van der Waals surface area contributed by atoms with Crippen LogP contribution in [-0.2, 0) is 14.4 Å². The number of fused-ring (bicyclic) bond motifs is 2. The van der Waals surface area contributed by atoms with Crippen molar-refractivity contribution in [1.29, 1.82) is 0 Å². The van der Waals surface area contributed by atoms with Crippen molar-refractivity contribution in [1.82, 2.24) is 15.2 Å². The van der Waals surface area contributed by atoms with Crippen LogP contribution in [0.1, 0.15) is 36.2 Å². The number of aromatic nitrogens is 1. The van der Waals surface area contributed by atoms with Gasteiger partial charge in [-0.1, -0.05) is 36.4 Å². The third-order valence-corrected chi connectivity index (χ3v) is 5.69. The van der Waals surface area contributed by atoms with Crippen LogP contribution in [0.5, 0.6) is 0 Å². The Hall–Kier alpha value is -3.55. The first-order chi connectivity index (χ1) is 14.5. The number of rotatable bonds is 4. The summed E-state index contributed by atoms with van der Waals surface area (Å²) < 4.78 is 0. The molecule has 2 aromatic rings. The maximum Gasteiger partial charge on any atom is 0.326 e. The van der Waals surface area contributed by atoms with E-state index in [9.17, 15) is 24.3 Å². The van der Waals surface area contributed by atoms with E-state index in [1.54, 1.807) is 24.3 Å². The van der Waals surface area contributed by atoms with Gasteiger partial charge in [-0.05, 0) is 37.1 Å². The lowest BCUT2D eigenvalue weighted by atomic mass is 10.0. The van der Waals surface area contributed by atoms with Crippen molar-refractivity contribution >= 4 is 34.3 Å². The maximum atomic E-state index is 13.1. The molecule has 0 saturated carbocycles. The minimum absolute atomic E-state index is 0.0156. The van der Waals surface area contributed by atoms with E-state index in [1.165, 1.54) is 11.1 Å². The van der Waals surface area contributed by atoms with Gasteiger partial charge in [0.25, 0.3) is 11.7 Å². The minimum Gasteiger partial charge on any atom is -0.480 e. The van der Waals surface area contributed by atoms with Crippen LogP contribution in [0.15, 0.2) is 48.7 Å². The molecule has 0 aliphatic carbocycles. The molecular formula is C22H21N3O5. The fourth-order valence-corrected chi connectivity index (χ4v) is 4.21. The number of hydrogen-bond acceptors (Lipinski definition) is 5. The number of carbonyl (C=O) groups is 4. The number of carboxylic acid groups (broad SMARTS) is 1. The molecule has 0 bridgehead atoms. The van der Waals surface area contributed by atoms with Crippen LogP contribution < -0.4 is 5.32 Å². The first kappa shape index (κ1) is 19.8. The maximum absolute atomic E-state index is 13.1. The van der Waals surface area contributed by atoms with Gasteiger partial charge in [0.2, 0.25) is 5.91 Å². The van der Waals surface area contributed by atoms with Crippen molar-refractivity contribution in [3.05, 3.63) is 54.4 Å². The van der Waals surface area contributed by atoms with Crippen molar-refractivity contribution in [2.75, 3.05) is 0 Å². The molecule has 2 aliphatic rings. The van der Waals surface area contributed by atoms with Gasteiger partial charge in [0, 0.05) is 17.6 Å². The minimum atomic E-state index is -1.06. The molecule has 3 atom stereocenters. The molecule has 8 heteroatoms. The van der Waals surface area contributed by atoms with Crippen LogP contribution in [-0.4, -0.2) is 56.7 Å². The summed E-state index contributed by atoms with van der Waals surface area (Å²) in [7, 11) is 0. The summed E-state index contributed by atoms with van der Waals surface area (Å²) in [5.74, 6) is -3.30. The number of nitrogens with zero attached hydrogens (tertiary/aromatic N) is 2. The van der Waals surface area contributed by atoms with Crippen LogP contribution >= 0.6 is 0 Å². The van der Waals surface area contributed by atoms with Crippen molar-refractivity contribution < 1.29 is 24.3 Å². The topological polar surface area (TPSA) is 117 Å². The molecule has 1 aromatic carbocycles. The Morgan fingerprint density at radius 3 is 2.63 bits per heavy atom. The molecule has 3 unspecified atom stereocenters. The number of nitrogens with one attached hydrogen (secondary N) is 1. The summed E-state index contributed by atoms with van der Waals surface area (Å²) in [6.07, 6.45) is 6.87. The molecule has 1 fully saturated rings. The molecule has 0 spiro atoms. The Morgan fingerprint density at radius 2 is 1.83 bits per heavy atom. The molecule has 2 aliphatic heterocycles. The van der Waals surface area contributed by atoms with Crippen molar-refractivity contribution in [3.63, 3.8) is 0 Å². The van der Waals surface area contributed by atoms with Crippen LogP contribution in [0.25, 0.3) is 10.8 Å². The predicted octanol–water partition coefficient (Wildman–Crippen LogP) is 1.70. The number of hydrogen-bond donors (Lipinski definition) is 2. The summed E-state index contributed by atoms with van der Waals surface area (Å²) in [5, 5.41) is 13.3. The van der Waals surface area contributed by atoms with E-state index in [2.05, 4.69) is 10.3 Å². The Bertz CT molecular complexity index is 1060. The Kier molecular flexibility index (Phi) is 5.31. The van der Waals surface area contributed by atoms with E-state index in [0.29, 0.717) is 24.6 Å². The van der Waals surface area contributed by atoms with Crippen LogP contribution in [0.4, 0.5) is 0 Å². The summed E-state index contributed by atoms with van der Waals surface area (Å²) >= 11 is 0. The Morgan fingerprint density at radius 1 is 1.07 bits per heavy atom. The number of amides is 2. The van der Waals surface area contributed by atoms with Crippen LogP contribution in [0.3, 0.4) is 0 Å². The quantitative estimate of drug-likeness (QED) is 0.453. The predicted molar refractivity (Wildman–Crippen MR) is 108 cm³/mol. The largest absolute Gasteiger partial charge is 0.480 e. The van der Waals surface area contributed by atoms with Gasteiger partial charge in [-0.2, -0.15) is 0 Å². The fraction of sp³-hybridized carbons (Fsp3) is 0.318. The van der Waals surface area contributed by atoms with Crippen LogP contribution in [0, 0.1) is 0 Å². The highest BCUT2D eigenvalue weighted by molar-refractivity contribution is 6.44. The molecule has 3 heterocycles. The first-order valence-electron chi connectivity index (χ1n) is 9.86. The van der Waals surface area contributed by atoms with Gasteiger partial charge < -0.3 is 15.3 Å². The van der Waals surface area contributed by atoms with Gasteiger partial charge in [0.05, 0.1) is 0 Å². The second-order valence-corrected chi connectivity index (χ2v) is 7.51. The van der Waals surface area contributed by atoms with Crippen molar-refractivity contribution in [3.8, 4) is 0 Å². The lowest BCUT2D eigenvalue weighted by Gasteiger charge is -2.32. The van der Waals surface area contributed by atoms with Gasteiger partial charge >= 0.3 is 5.97 Å². The Balaban J connectivity index is 1.57. The Labute approximate surface area is 172 Å². The third kappa shape index (κ3) is 3.56. The second-order valence-electron chi connectivity index (χ2n) is 7.51. The van der Waals surface area contributed by atoms with E-state index < -0.39 is 35.7 Å². The van der Waals surface area contributed by atoms with Crippen LogP contribution in [0.2, 0.25) is 0 Å². The summed E-state index contributed by atoms with van der Waals surface area (Å²) in [6.45, 7) is 0. The van der Waals surface area contributed by atoms with E-state index >= 15 is 0 Å². The molecule has 2 N–H and O–H groups in total. The lowest BCUT2D eigenvalue weighted by molar-refractivity contribution is -0.150. The molecule has 1 saturated heterocycles. The van der Waals surface area contributed by atoms with Gasteiger partial charge in [-0.25, -0.2) is 4.79 Å². The summed E-state index contributed by atoms with van der Waals surface area (Å²) in [4.78, 5) is 55.6. The highest BCUT2D eigenvalue weighted by atomic mass is 16.4. The number of pyridine rings is 1. The average molecular weight is 407 g/mol. The van der Waals surface area contributed by atoms with E-state index in [1.807, 2.05) is 18.2 Å². The zero-order valence-electron chi connectivity index (χ0n) is 16.2. The zero-order chi connectivity index (χ0) is 21.3. The normalized spacial score (nSPS) is 24.6. The summed E-state index contributed by atoms with van der Waals surface area (Å²) in [6, 6.07) is 6.70. The highest BCUT2D eigenvalue weighted by Gasteiger charge is 2.43. The molecule has 4 rings (SSSR count). The molecule has 8 nitrogen and oxygen atoms in total. The standard InChI is InChI=1S/C22H21N3O5/c26-19(18-15-7-3-1-5-13(15)11-12-23-18)20(27)24-16-8-4-2-6-14-9-10-17(22(29)30)25(14)21(16)28/h1-5,7,11-12,14,16-17H,6,8-10H2,(H,24,27)(H,29,30)/b4-2-. The summed E-state index contributed by atoms with van der Waals surface area (Å²) in [5.41, 5.74) is 0.0156. The van der Waals surface area contributed by atoms with Gasteiger partial charge in [-0.15, -0.1) is 0 Å². The number of carboxylic acids is 1. The van der Waals surface area contributed by atoms with Gasteiger partial charge in [0.1, 0.15) is 17.8 Å². The SMILES string of the molecule is O=C(NC1C/C=C\CC2CCC(C(=O)O)N2C1=O)C(=O)c1nccc2ccccc12. The molecule has 30 heavy (non-hydrogen) atoms. The van der Waals surface area contributed by atoms with Crippen molar-refractivity contribution in [2.24, 2.45) is 0 Å². The van der Waals surface area contributed by atoms with Gasteiger partial charge in [-0.3, -0.25) is 19.4 Å². The van der Waals surface area contributed by atoms with Gasteiger partial charge in [0.15, 0.2) is 0 Å². The average Bonchev–Trinajstić information content (AvgIpc) is 3.17. The number of Topliss-reactive ketones (excluding diaryl/α,β-unsaturated/α-hetero) is 1. The third-order valence-electron chi connectivity index (χ3n) is 5.69. The number of benzene rings is 1. The zero-order valence-corrected chi connectivity index (χ0v) is 16.2. The lowest BCUT2D eigenvalue weighted by Crippen LogP contribution is -2.55. The molecule has 1 aromatic heterocycles. The number of carbonyl (C=O) groups excluding carboxylic acids is 3. The molecular weight excluding hydrogens is 386 g/mol. The molecule has 2 amide bonds. The molecule has 0 radical (unpaired) electrons. The fourth-order valence-electron chi connectivity index (χ4n) is 4.21. The number of aliphatic carboxylic acids is 1. The smallest absolute Gasteiger partial charge is 0.326 e. The number of ketones is 1. The first-order valence-corrected chi connectivity index (χ1v) is 9.86. The van der Waals surface area contributed by atoms with E-state index in [0.717, 1.165) is 5.39 Å². The second kappa shape index (κ2) is 8.06. The van der Waals surface area contributed by atoms with E-state index in [-0.39, 0.29) is 18.2 Å². The van der Waals surface area contributed by atoms with E-state index in [4.69, 9.17) is 0 Å². The molecule has 154 valence electrons. The highest BCUT2D eigenvalue weighted by Crippen LogP contribution is 2.29. The van der Waals surface area contributed by atoms with Crippen molar-refractivity contribution in [2.45, 2.75) is 43.8 Å². The monoisotopic (exact) mass is 407 g/mol.